The van der Waals surface area contributed by atoms with Gasteiger partial charge >= 0.3 is 11.9 Å². The van der Waals surface area contributed by atoms with Gasteiger partial charge in [0.2, 0.25) is 0 Å². The SMILES string of the molecule is CCOC(=O)C1=C[C@@H](OCOC)[C@@H](O)[C@H](N=[N+]=[N-])C1.CCOC(=O)C1=C[C@@H](OCOC)[C@H]2O[C@H]2C1.COCO[C@@H]1C=C(CO)C[C@@H](N=[N+]=[N-])[C@@H]1O. The van der Waals surface area contributed by atoms with E-state index in [9.17, 15) is 19.8 Å². The Morgan fingerprint density at radius 2 is 1.22 bits per heavy atom. The minimum Gasteiger partial charge on any atom is -0.463 e. The molecule has 51 heavy (non-hydrogen) atoms. The molecule has 9 atom stereocenters. The number of nitrogens with zero attached hydrogens (tertiary/aromatic N) is 6. The molecule has 0 bridgehead atoms. The first-order valence-corrected chi connectivity index (χ1v) is 16.1. The molecule has 0 aromatic carbocycles. The molecular weight excluding hydrogens is 680 g/mol. The molecule has 286 valence electrons. The van der Waals surface area contributed by atoms with E-state index in [1.54, 1.807) is 33.1 Å². The zero-order chi connectivity index (χ0) is 37.8. The number of hydrogen-bond acceptors (Lipinski definition) is 16. The molecule has 0 aromatic heterocycles. The highest BCUT2D eigenvalue weighted by molar-refractivity contribution is 5.89. The lowest BCUT2D eigenvalue weighted by Gasteiger charge is -2.30. The van der Waals surface area contributed by atoms with Crippen LogP contribution in [0.2, 0.25) is 0 Å². The largest absolute Gasteiger partial charge is 0.463 e. The zero-order valence-corrected chi connectivity index (χ0v) is 29.3. The molecule has 20 nitrogen and oxygen atoms in total. The number of carbonyl (C=O) groups is 2. The second kappa shape index (κ2) is 23.8. The molecule has 0 amide bonds. The number of epoxide rings is 1. The Bertz CT molecular complexity index is 1300. The predicted molar refractivity (Wildman–Crippen MR) is 175 cm³/mol. The smallest absolute Gasteiger partial charge is 0.333 e. The number of rotatable bonds is 16. The quantitative estimate of drug-likeness (QED) is 0.0389. The average Bonchev–Trinajstić information content (AvgIpc) is 3.92. The van der Waals surface area contributed by atoms with Crippen LogP contribution in [-0.4, -0.2) is 144 Å². The molecule has 1 saturated heterocycles. The van der Waals surface area contributed by atoms with Crippen molar-refractivity contribution >= 4 is 11.9 Å². The standard InChI is InChI=1S/C11H17N3O5.C11H16O5.C9H15N3O4/c1-3-18-11(16)7-4-8(13-14-12)10(15)9(5-7)19-6-17-2;1-3-14-11(12)7-4-8(15-6-13-2)10-9(5-7)16-10;1-15-5-16-8-3-6(4-13)2-7(9(8)14)11-12-10/h5,8-10,15H,3-4,6H2,1-2H3;4,8-10H,3,5-6H2,1-2H3;3,7-9,13-14H,2,4-5H2,1H3/t8-,9-,10+;8-,9+,10-;7-,8-,9+/m111/s1. The van der Waals surface area contributed by atoms with Gasteiger partial charge in [0, 0.05) is 48.7 Å². The van der Waals surface area contributed by atoms with E-state index in [1.807, 2.05) is 0 Å². The highest BCUT2D eigenvalue weighted by Crippen LogP contribution is 2.38. The van der Waals surface area contributed by atoms with Gasteiger partial charge in [0.1, 0.15) is 44.8 Å². The molecule has 0 aromatic rings. The van der Waals surface area contributed by atoms with Crippen LogP contribution in [0.25, 0.3) is 20.9 Å². The van der Waals surface area contributed by atoms with Crippen LogP contribution < -0.4 is 0 Å². The van der Waals surface area contributed by atoms with Gasteiger partial charge in [-0.15, -0.1) is 0 Å². The number of aliphatic hydroxyl groups is 3. The Balaban J connectivity index is 0.000000266. The van der Waals surface area contributed by atoms with Crippen LogP contribution in [0.15, 0.2) is 45.2 Å². The van der Waals surface area contributed by atoms with E-state index < -0.39 is 42.5 Å². The number of methoxy groups -OCH3 is 3. The first kappa shape index (κ1) is 43.5. The van der Waals surface area contributed by atoms with Crippen molar-refractivity contribution in [1.82, 2.24) is 0 Å². The lowest BCUT2D eigenvalue weighted by Crippen LogP contribution is -2.41. The fourth-order valence-electron chi connectivity index (χ4n) is 5.22. The molecule has 1 fully saturated rings. The minimum absolute atomic E-state index is 0.0277. The highest BCUT2D eigenvalue weighted by Gasteiger charge is 2.49. The van der Waals surface area contributed by atoms with Crippen molar-refractivity contribution in [3.63, 3.8) is 0 Å². The van der Waals surface area contributed by atoms with Crippen molar-refractivity contribution in [2.24, 2.45) is 10.2 Å². The Morgan fingerprint density at radius 1 is 0.765 bits per heavy atom. The normalized spacial score (nSPS) is 28.9. The van der Waals surface area contributed by atoms with Crippen molar-refractivity contribution in [3.05, 3.63) is 55.8 Å². The van der Waals surface area contributed by atoms with Crippen molar-refractivity contribution in [2.45, 2.75) is 87.9 Å². The van der Waals surface area contributed by atoms with Crippen LogP contribution in [0, 0.1) is 0 Å². The van der Waals surface area contributed by atoms with Gasteiger partial charge in [-0.3, -0.25) is 0 Å². The van der Waals surface area contributed by atoms with Gasteiger partial charge in [0.05, 0.1) is 50.2 Å². The number of ether oxygens (including phenoxy) is 9. The summed E-state index contributed by atoms with van der Waals surface area (Å²) in [5.41, 5.74) is 18.5. The average molecular weight is 729 g/mol. The van der Waals surface area contributed by atoms with Gasteiger partial charge < -0.3 is 58.0 Å². The molecule has 0 spiro atoms. The van der Waals surface area contributed by atoms with Crippen LogP contribution in [0.1, 0.15) is 33.1 Å². The first-order chi connectivity index (χ1) is 24.6. The molecule has 4 rings (SSSR count). The van der Waals surface area contributed by atoms with Gasteiger partial charge in [-0.1, -0.05) is 16.3 Å². The number of aliphatic hydroxyl groups excluding tert-OH is 3. The van der Waals surface area contributed by atoms with E-state index in [4.69, 9.17) is 58.8 Å². The van der Waals surface area contributed by atoms with Gasteiger partial charge in [-0.2, -0.15) is 0 Å². The topological polar surface area (TPSA) is 279 Å². The van der Waals surface area contributed by atoms with E-state index in [2.05, 4.69) is 20.1 Å². The number of hydrogen-bond donors (Lipinski definition) is 3. The van der Waals surface area contributed by atoms with Crippen molar-refractivity contribution < 1.29 is 67.5 Å². The summed E-state index contributed by atoms with van der Waals surface area (Å²) in [7, 11) is 4.47. The summed E-state index contributed by atoms with van der Waals surface area (Å²) in [5.74, 6) is -0.777. The second-order valence-electron chi connectivity index (χ2n) is 11.2. The van der Waals surface area contributed by atoms with Gasteiger partial charge in [-0.25, -0.2) is 9.59 Å². The number of azide groups is 2. The van der Waals surface area contributed by atoms with Crippen LogP contribution >= 0.6 is 0 Å². The third kappa shape index (κ3) is 14.1. The van der Waals surface area contributed by atoms with E-state index in [-0.39, 0.29) is 64.3 Å². The summed E-state index contributed by atoms with van der Waals surface area (Å²) in [6.07, 6.45) is 2.63. The van der Waals surface area contributed by atoms with E-state index >= 15 is 0 Å². The maximum Gasteiger partial charge on any atom is 0.333 e. The summed E-state index contributed by atoms with van der Waals surface area (Å²) < 4.78 is 45.4. The summed E-state index contributed by atoms with van der Waals surface area (Å²) in [6.45, 7) is 4.15. The molecule has 0 radical (unpaired) electrons. The van der Waals surface area contributed by atoms with E-state index in [0.717, 1.165) is 0 Å². The van der Waals surface area contributed by atoms with Crippen LogP contribution in [0.3, 0.4) is 0 Å². The third-order valence-corrected chi connectivity index (χ3v) is 7.67. The van der Waals surface area contributed by atoms with E-state index in [1.165, 1.54) is 20.3 Å². The van der Waals surface area contributed by atoms with E-state index in [0.29, 0.717) is 36.2 Å². The third-order valence-electron chi connectivity index (χ3n) is 7.67. The van der Waals surface area contributed by atoms with Crippen LogP contribution in [0.4, 0.5) is 0 Å². The lowest BCUT2D eigenvalue weighted by atomic mass is 9.90. The number of esters is 2. The lowest BCUT2D eigenvalue weighted by molar-refractivity contribution is -0.140. The maximum atomic E-state index is 11.7. The van der Waals surface area contributed by atoms with Gasteiger partial charge in [-0.05, 0) is 55.5 Å². The van der Waals surface area contributed by atoms with Gasteiger partial charge in [0.15, 0.2) is 0 Å². The van der Waals surface area contributed by atoms with Crippen molar-refractivity contribution in [2.75, 3.05) is 61.5 Å². The zero-order valence-electron chi connectivity index (χ0n) is 29.3. The Labute approximate surface area is 295 Å². The maximum absolute atomic E-state index is 11.7. The monoisotopic (exact) mass is 728 g/mol. The first-order valence-electron chi connectivity index (χ1n) is 16.1. The van der Waals surface area contributed by atoms with Crippen LogP contribution in [0.5, 0.6) is 0 Å². The van der Waals surface area contributed by atoms with Gasteiger partial charge in [0.25, 0.3) is 0 Å². The fraction of sp³-hybridized carbons (Fsp3) is 0.742. The molecule has 3 aliphatic carbocycles. The fourth-order valence-corrected chi connectivity index (χ4v) is 5.22. The Morgan fingerprint density at radius 3 is 1.69 bits per heavy atom. The molecule has 0 saturated carbocycles. The highest BCUT2D eigenvalue weighted by atomic mass is 16.7. The minimum atomic E-state index is -1.02. The summed E-state index contributed by atoms with van der Waals surface area (Å²) in [6, 6.07) is -1.38. The Hall–Kier alpha value is -3.62. The summed E-state index contributed by atoms with van der Waals surface area (Å²) >= 11 is 0. The molecule has 1 aliphatic heterocycles. The molecular formula is C31H48N6O14. The van der Waals surface area contributed by atoms with Crippen molar-refractivity contribution in [3.8, 4) is 0 Å². The second-order valence-corrected chi connectivity index (χ2v) is 11.2. The molecule has 3 N–H and O–H groups in total. The molecule has 20 heteroatoms. The number of fused-ring (bicyclic) bond motifs is 1. The van der Waals surface area contributed by atoms with Crippen LogP contribution in [-0.2, 0) is 52.2 Å². The number of carbonyl (C=O) groups excluding carboxylic acids is 2. The summed E-state index contributed by atoms with van der Waals surface area (Å²) in [5, 5.41) is 35.8. The predicted octanol–water partition coefficient (Wildman–Crippen LogP) is 1.88. The van der Waals surface area contributed by atoms with Crippen molar-refractivity contribution in [1.29, 1.82) is 0 Å². The molecule has 4 aliphatic rings. The molecule has 1 heterocycles. The molecule has 0 unspecified atom stereocenters. The Kier molecular flexibility index (Phi) is 20.3. The summed E-state index contributed by atoms with van der Waals surface area (Å²) in [4.78, 5) is 28.6.